The van der Waals surface area contributed by atoms with Gasteiger partial charge in [0, 0.05) is 44.4 Å². The normalized spacial score (nSPS) is 18.0. The molecular formula is C19H28FN3O3. The number of aliphatic hydroxyl groups excluding tert-OH is 1. The molecule has 1 aromatic rings. The number of benzene rings is 1. The number of rotatable bonds is 8. The summed E-state index contributed by atoms with van der Waals surface area (Å²) in [6.45, 7) is 5.62. The summed E-state index contributed by atoms with van der Waals surface area (Å²) in [4.78, 5) is 28.6. The van der Waals surface area contributed by atoms with Crippen LogP contribution >= 0.6 is 0 Å². The second kappa shape index (κ2) is 9.64. The zero-order chi connectivity index (χ0) is 19.1. The molecule has 0 spiro atoms. The molecule has 2 rings (SSSR count). The highest BCUT2D eigenvalue weighted by molar-refractivity contribution is 5.89. The first-order valence-electron chi connectivity index (χ1n) is 9.09. The third-order valence-electron chi connectivity index (χ3n) is 4.64. The molecular weight excluding hydrogens is 337 g/mol. The highest BCUT2D eigenvalue weighted by Crippen LogP contribution is 2.17. The van der Waals surface area contributed by atoms with Gasteiger partial charge in [0.2, 0.25) is 11.8 Å². The highest BCUT2D eigenvalue weighted by Gasteiger charge is 2.33. The van der Waals surface area contributed by atoms with E-state index in [1.807, 2.05) is 18.7 Å². The Labute approximate surface area is 154 Å². The molecule has 0 radical (unpaired) electrons. The number of hydrogen-bond acceptors (Lipinski definition) is 4. The van der Waals surface area contributed by atoms with Crippen LogP contribution in [-0.2, 0) is 16.1 Å². The van der Waals surface area contributed by atoms with Gasteiger partial charge in [0.15, 0.2) is 0 Å². The molecule has 1 atom stereocenters. The van der Waals surface area contributed by atoms with E-state index >= 15 is 0 Å². The Morgan fingerprint density at radius 1 is 1.42 bits per heavy atom. The topological polar surface area (TPSA) is 72.9 Å². The van der Waals surface area contributed by atoms with Crippen LogP contribution in [0.4, 0.5) is 4.39 Å². The second-order valence-electron chi connectivity index (χ2n) is 6.83. The Morgan fingerprint density at radius 2 is 2.15 bits per heavy atom. The fourth-order valence-corrected chi connectivity index (χ4v) is 3.21. The summed E-state index contributed by atoms with van der Waals surface area (Å²) in [5.74, 6) is -0.642. The van der Waals surface area contributed by atoms with E-state index in [4.69, 9.17) is 5.11 Å². The highest BCUT2D eigenvalue weighted by atomic mass is 19.1. The van der Waals surface area contributed by atoms with Gasteiger partial charge >= 0.3 is 0 Å². The van der Waals surface area contributed by atoms with Gasteiger partial charge in [-0.05, 0) is 26.3 Å². The van der Waals surface area contributed by atoms with Crippen molar-refractivity contribution in [1.29, 1.82) is 0 Å². The fourth-order valence-electron chi connectivity index (χ4n) is 3.21. The largest absolute Gasteiger partial charge is 0.396 e. The Morgan fingerprint density at radius 3 is 2.81 bits per heavy atom. The lowest BCUT2D eigenvalue weighted by atomic mass is 10.1. The summed E-state index contributed by atoms with van der Waals surface area (Å²) in [6, 6.07) is 5.85. The van der Waals surface area contributed by atoms with Crippen LogP contribution in [0.2, 0.25) is 0 Å². The quantitative estimate of drug-likeness (QED) is 0.725. The van der Waals surface area contributed by atoms with Crippen LogP contribution in [0.3, 0.4) is 0 Å². The third-order valence-corrected chi connectivity index (χ3v) is 4.64. The van der Waals surface area contributed by atoms with Crippen LogP contribution in [0.1, 0.15) is 32.3 Å². The number of halogens is 1. The van der Waals surface area contributed by atoms with E-state index in [1.54, 1.807) is 23.1 Å². The summed E-state index contributed by atoms with van der Waals surface area (Å²) >= 11 is 0. The first kappa shape index (κ1) is 20.3. The Kier molecular flexibility index (Phi) is 7.53. The molecule has 1 saturated heterocycles. The maximum Gasteiger partial charge on any atom is 0.237 e. The van der Waals surface area contributed by atoms with Gasteiger partial charge in [0.1, 0.15) is 5.82 Å². The van der Waals surface area contributed by atoms with Gasteiger partial charge in [-0.25, -0.2) is 4.39 Å². The van der Waals surface area contributed by atoms with Crippen molar-refractivity contribution in [3.05, 3.63) is 35.6 Å². The summed E-state index contributed by atoms with van der Waals surface area (Å²) in [7, 11) is 0. The molecule has 6 nitrogen and oxygen atoms in total. The maximum atomic E-state index is 14.0. The minimum absolute atomic E-state index is 0.0132. The molecule has 144 valence electrons. The first-order chi connectivity index (χ1) is 12.4. The predicted molar refractivity (Wildman–Crippen MR) is 96.8 cm³/mol. The number of amides is 2. The van der Waals surface area contributed by atoms with E-state index < -0.39 is 6.04 Å². The molecule has 1 heterocycles. The monoisotopic (exact) mass is 365 g/mol. The van der Waals surface area contributed by atoms with Crippen LogP contribution in [0.5, 0.6) is 0 Å². The molecule has 1 aliphatic rings. The van der Waals surface area contributed by atoms with Crippen molar-refractivity contribution in [3.8, 4) is 0 Å². The number of carbonyl (C=O) groups is 2. The maximum absolute atomic E-state index is 14.0. The average molecular weight is 365 g/mol. The van der Waals surface area contributed by atoms with Gasteiger partial charge in [0.05, 0.1) is 12.5 Å². The van der Waals surface area contributed by atoms with Gasteiger partial charge in [0.25, 0.3) is 0 Å². The Hall–Kier alpha value is -1.99. The lowest BCUT2D eigenvalue weighted by Gasteiger charge is -2.36. The van der Waals surface area contributed by atoms with Gasteiger partial charge in [-0.3, -0.25) is 14.5 Å². The fraction of sp³-hybridized carbons (Fsp3) is 0.579. The summed E-state index contributed by atoms with van der Waals surface area (Å²) in [5.41, 5.74) is 0.514. The Bertz CT molecular complexity index is 624. The van der Waals surface area contributed by atoms with E-state index in [-0.39, 0.29) is 43.2 Å². The van der Waals surface area contributed by atoms with Crippen LogP contribution in [0, 0.1) is 5.82 Å². The lowest BCUT2D eigenvalue weighted by molar-refractivity contribution is -0.140. The molecule has 2 N–H and O–H groups in total. The van der Waals surface area contributed by atoms with E-state index in [1.165, 1.54) is 6.07 Å². The van der Waals surface area contributed by atoms with E-state index in [9.17, 15) is 14.0 Å². The molecule has 0 aliphatic carbocycles. The van der Waals surface area contributed by atoms with Crippen molar-refractivity contribution in [2.75, 3.05) is 26.2 Å². The minimum atomic E-state index is -0.619. The van der Waals surface area contributed by atoms with Gasteiger partial charge in [-0.15, -0.1) is 0 Å². The summed E-state index contributed by atoms with van der Waals surface area (Å²) in [5, 5.41) is 11.8. The van der Waals surface area contributed by atoms with E-state index in [0.717, 1.165) is 0 Å². The van der Waals surface area contributed by atoms with E-state index in [0.29, 0.717) is 31.6 Å². The molecule has 0 bridgehead atoms. The zero-order valence-electron chi connectivity index (χ0n) is 15.4. The number of nitrogens with one attached hydrogen (secondary N) is 1. The Balaban J connectivity index is 2.10. The summed E-state index contributed by atoms with van der Waals surface area (Å²) < 4.78 is 14.0. The van der Waals surface area contributed by atoms with Crippen molar-refractivity contribution in [2.45, 2.75) is 45.3 Å². The number of aliphatic hydroxyl groups is 1. The van der Waals surface area contributed by atoms with Gasteiger partial charge in [-0.1, -0.05) is 18.2 Å². The number of nitrogens with zero attached hydrogens (tertiary/aromatic N) is 2. The molecule has 7 heteroatoms. The molecule has 2 amide bonds. The molecule has 1 fully saturated rings. The van der Waals surface area contributed by atoms with Crippen molar-refractivity contribution in [2.24, 2.45) is 0 Å². The van der Waals surface area contributed by atoms with Crippen LogP contribution < -0.4 is 5.32 Å². The minimum Gasteiger partial charge on any atom is -0.396 e. The molecule has 1 aliphatic heterocycles. The van der Waals surface area contributed by atoms with Crippen molar-refractivity contribution in [3.63, 3.8) is 0 Å². The molecule has 0 saturated carbocycles. The SMILES string of the molecule is CC(C)N(CCCO)C(=O)CC1C(=O)NCCN1Cc1ccccc1F. The second-order valence-corrected chi connectivity index (χ2v) is 6.83. The molecule has 1 aromatic carbocycles. The van der Waals surface area contributed by atoms with Gasteiger partial charge in [-0.2, -0.15) is 0 Å². The van der Waals surface area contributed by atoms with Crippen molar-refractivity contribution in [1.82, 2.24) is 15.1 Å². The van der Waals surface area contributed by atoms with Crippen molar-refractivity contribution < 1.29 is 19.1 Å². The molecule has 0 aromatic heterocycles. The zero-order valence-corrected chi connectivity index (χ0v) is 15.4. The van der Waals surface area contributed by atoms with Crippen LogP contribution in [0.25, 0.3) is 0 Å². The third kappa shape index (κ3) is 5.25. The molecule has 1 unspecified atom stereocenters. The average Bonchev–Trinajstić information content (AvgIpc) is 2.60. The summed E-state index contributed by atoms with van der Waals surface area (Å²) in [6.07, 6.45) is 0.545. The van der Waals surface area contributed by atoms with Crippen LogP contribution in [0.15, 0.2) is 24.3 Å². The number of carbonyl (C=O) groups excluding carboxylic acids is 2. The smallest absolute Gasteiger partial charge is 0.237 e. The van der Waals surface area contributed by atoms with Crippen LogP contribution in [-0.4, -0.2) is 65.0 Å². The first-order valence-corrected chi connectivity index (χ1v) is 9.09. The van der Waals surface area contributed by atoms with Gasteiger partial charge < -0.3 is 15.3 Å². The lowest BCUT2D eigenvalue weighted by Crippen LogP contribution is -2.56. The number of hydrogen-bond donors (Lipinski definition) is 2. The van der Waals surface area contributed by atoms with Crippen molar-refractivity contribution >= 4 is 11.8 Å². The predicted octanol–water partition coefficient (Wildman–Crippen LogP) is 1.14. The number of piperazine rings is 1. The standard InChI is InChI=1S/C19H28FN3O3/c1-14(2)23(9-5-11-24)18(25)12-17-19(26)21-8-10-22(17)13-15-6-3-4-7-16(15)20/h3-4,6-7,14,17,24H,5,8-13H2,1-2H3,(H,21,26). The molecule has 26 heavy (non-hydrogen) atoms. The van der Waals surface area contributed by atoms with E-state index in [2.05, 4.69) is 5.32 Å².